The van der Waals surface area contributed by atoms with Gasteiger partial charge in [-0.3, -0.25) is 4.79 Å². The van der Waals surface area contributed by atoms with Crippen LogP contribution in [0.1, 0.15) is 28.9 Å². The van der Waals surface area contributed by atoms with Gasteiger partial charge in [-0.25, -0.2) is 4.79 Å². The fourth-order valence-electron chi connectivity index (χ4n) is 2.26. The maximum absolute atomic E-state index is 12.4. The molecule has 0 aromatic heterocycles. The van der Waals surface area contributed by atoms with Crippen molar-refractivity contribution in [1.29, 1.82) is 5.26 Å². The Labute approximate surface area is 152 Å². The van der Waals surface area contributed by atoms with E-state index < -0.39 is 5.97 Å². The minimum atomic E-state index is -0.731. The molecule has 1 unspecified atom stereocenters. The third-order valence-electron chi connectivity index (χ3n) is 3.68. The van der Waals surface area contributed by atoms with E-state index in [1.165, 1.54) is 13.3 Å². The highest BCUT2D eigenvalue weighted by atomic mass is 16.5. The average Bonchev–Trinajstić information content (AvgIpc) is 2.69. The van der Waals surface area contributed by atoms with Crippen molar-refractivity contribution in [2.75, 3.05) is 12.4 Å². The number of nitrogens with one attached hydrogen (secondary N) is 2. The number of carbonyl (C=O) groups excluding carboxylic acids is 2. The van der Waals surface area contributed by atoms with Crippen molar-refractivity contribution in [3.63, 3.8) is 0 Å². The average molecular weight is 349 g/mol. The molecule has 6 nitrogen and oxygen atoms in total. The van der Waals surface area contributed by atoms with Crippen LogP contribution in [0.5, 0.6) is 0 Å². The van der Waals surface area contributed by atoms with Gasteiger partial charge in [0.05, 0.1) is 13.2 Å². The van der Waals surface area contributed by atoms with Crippen molar-refractivity contribution in [1.82, 2.24) is 5.32 Å². The van der Waals surface area contributed by atoms with Crippen LogP contribution in [0, 0.1) is 11.3 Å². The van der Waals surface area contributed by atoms with Crippen molar-refractivity contribution in [3.8, 4) is 6.07 Å². The lowest BCUT2D eigenvalue weighted by atomic mass is 10.1. The van der Waals surface area contributed by atoms with Gasteiger partial charge in [-0.2, -0.15) is 5.26 Å². The molecule has 6 heteroatoms. The van der Waals surface area contributed by atoms with E-state index in [4.69, 9.17) is 5.26 Å². The third kappa shape index (κ3) is 4.95. The molecule has 0 radical (unpaired) electrons. The van der Waals surface area contributed by atoms with E-state index in [0.29, 0.717) is 11.3 Å². The van der Waals surface area contributed by atoms with Crippen molar-refractivity contribution < 1.29 is 14.3 Å². The zero-order chi connectivity index (χ0) is 18.9. The first-order chi connectivity index (χ1) is 12.5. The second-order valence-corrected chi connectivity index (χ2v) is 5.49. The molecule has 0 bridgehead atoms. The topological polar surface area (TPSA) is 91.2 Å². The van der Waals surface area contributed by atoms with Gasteiger partial charge in [-0.1, -0.05) is 36.4 Å². The lowest BCUT2D eigenvalue weighted by Gasteiger charge is -2.14. The van der Waals surface area contributed by atoms with Gasteiger partial charge in [0, 0.05) is 17.5 Å². The second-order valence-electron chi connectivity index (χ2n) is 5.49. The highest BCUT2D eigenvalue weighted by Crippen LogP contribution is 2.15. The Balaban J connectivity index is 2.08. The smallest absolute Gasteiger partial charge is 0.350 e. The molecule has 2 rings (SSSR count). The molecular formula is C20H19N3O3. The van der Waals surface area contributed by atoms with E-state index in [0.717, 1.165) is 5.56 Å². The molecule has 0 aliphatic carbocycles. The first kappa shape index (κ1) is 18.7. The standard InChI is InChI=1S/C20H19N3O3/c1-14(15-7-4-3-5-8-15)23-19(24)16-9-6-10-18(11-16)22-13-17(12-21)20(25)26-2/h3-11,13-14,22H,1-2H3,(H,23,24)/b17-13-. The summed E-state index contributed by atoms with van der Waals surface area (Å²) in [5.41, 5.74) is 1.87. The fraction of sp³-hybridized carbons (Fsp3) is 0.150. The van der Waals surface area contributed by atoms with Crippen LogP contribution in [-0.2, 0) is 9.53 Å². The molecule has 1 amide bonds. The number of carbonyl (C=O) groups is 2. The van der Waals surface area contributed by atoms with Gasteiger partial charge in [-0.05, 0) is 30.7 Å². The predicted octanol–water partition coefficient (Wildman–Crippen LogP) is 3.17. The highest BCUT2D eigenvalue weighted by Gasteiger charge is 2.12. The third-order valence-corrected chi connectivity index (χ3v) is 3.68. The Morgan fingerprint density at radius 2 is 1.88 bits per heavy atom. The van der Waals surface area contributed by atoms with Crippen LogP contribution < -0.4 is 10.6 Å². The Hall–Kier alpha value is -3.59. The van der Waals surface area contributed by atoms with Gasteiger partial charge in [0.15, 0.2) is 5.57 Å². The molecule has 0 fully saturated rings. The van der Waals surface area contributed by atoms with Gasteiger partial charge < -0.3 is 15.4 Å². The quantitative estimate of drug-likeness (QED) is 0.475. The summed E-state index contributed by atoms with van der Waals surface area (Å²) in [7, 11) is 1.20. The Morgan fingerprint density at radius 3 is 2.54 bits per heavy atom. The number of amides is 1. The lowest BCUT2D eigenvalue weighted by molar-refractivity contribution is -0.135. The Bertz CT molecular complexity index is 854. The number of esters is 1. The van der Waals surface area contributed by atoms with E-state index in [1.807, 2.05) is 37.3 Å². The molecule has 0 heterocycles. The molecule has 0 spiro atoms. The van der Waals surface area contributed by atoms with E-state index in [-0.39, 0.29) is 17.5 Å². The van der Waals surface area contributed by atoms with E-state index in [1.54, 1.807) is 30.3 Å². The van der Waals surface area contributed by atoms with E-state index in [9.17, 15) is 9.59 Å². The summed E-state index contributed by atoms with van der Waals surface area (Å²) in [4.78, 5) is 23.8. The molecular weight excluding hydrogens is 330 g/mol. The lowest BCUT2D eigenvalue weighted by Crippen LogP contribution is -2.26. The van der Waals surface area contributed by atoms with Crippen LogP contribution in [0.4, 0.5) is 5.69 Å². The number of hydrogen-bond donors (Lipinski definition) is 2. The van der Waals surface area contributed by atoms with Gasteiger partial charge in [0.2, 0.25) is 0 Å². The molecule has 132 valence electrons. The van der Waals surface area contributed by atoms with E-state index >= 15 is 0 Å². The molecule has 0 saturated heterocycles. The highest BCUT2D eigenvalue weighted by molar-refractivity contribution is 5.95. The van der Waals surface area contributed by atoms with Crippen LogP contribution >= 0.6 is 0 Å². The molecule has 2 aromatic carbocycles. The summed E-state index contributed by atoms with van der Waals surface area (Å²) in [5.74, 6) is -0.951. The Kier molecular flexibility index (Phi) is 6.52. The summed E-state index contributed by atoms with van der Waals surface area (Å²) in [5, 5.41) is 14.7. The summed E-state index contributed by atoms with van der Waals surface area (Å²) >= 11 is 0. The second kappa shape index (κ2) is 9.04. The summed E-state index contributed by atoms with van der Waals surface area (Å²) < 4.78 is 4.51. The zero-order valence-electron chi connectivity index (χ0n) is 14.5. The minimum Gasteiger partial charge on any atom is -0.465 e. The van der Waals surface area contributed by atoms with Crippen LogP contribution in [0.25, 0.3) is 0 Å². The zero-order valence-corrected chi connectivity index (χ0v) is 14.5. The van der Waals surface area contributed by atoms with E-state index in [2.05, 4.69) is 15.4 Å². The fourth-order valence-corrected chi connectivity index (χ4v) is 2.26. The largest absolute Gasteiger partial charge is 0.465 e. The van der Waals surface area contributed by atoms with Crippen molar-refractivity contribution >= 4 is 17.6 Å². The van der Waals surface area contributed by atoms with Crippen LogP contribution in [0.15, 0.2) is 66.4 Å². The molecule has 0 saturated carbocycles. The van der Waals surface area contributed by atoms with Crippen LogP contribution in [0.2, 0.25) is 0 Å². The van der Waals surface area contributed by atoms with Crippen LogP contribution in [0.3, 0.4) is 0 Å². The first-order valence-corrected chi connectivity index (χ1v) is 7.96. The van der Waals surface area contributed by atoms with Crippen molar-refractivity contribution in [3.05, 3.63) is 77.5 Å². The maximum atomic E-state index is 12.4. The number of anilines is 1. The molecule has 26 heavy (non-hydrogen) atoms. The molecule has 2 aromatic rings. The number of hydrogen-bond acceptors (Lipinski definition) is 5. The number of methoxy groups -OCH3 is 1. The van der Waals surface area contributed by atoms with Gasteiger partial charge >= 0.3 is 5.97 Å². The number of nitriles is 1. The summed E-state index contributed by atoms with van der Waals surface area (Å²) in [6.45, 7) is 1.91. The Morgan fingerprint density at radius 1 is 1.15 bits per heavy atom. The first-order valence-electron chi connectivity index (χ1n) is 7.96. The summed E-state index contributed by atoms with van der Waals surface area (Å²) in [6, 6.07) is 18.0. The van der Waals surface area contributed by atoms with Crippen LogP contribution in [-0.4, -0.2) is 19.0 Å². The molecule has 2 N–H and O–H groups in total. The predicted molar refractivity (Wildman–Crippen MR) is 98.1 cm³/mol. The van der Waals surface area contributed by atoms with Crippen molar-refractivity contribution in [2.45, 2.75) is 13.0 Å². The SMILES string of the molecule is COC(=O)/C(C#N)=C\Nc1cccc(C(=O)NC(C)c2ccccc2)c1. The molecule has 0 aliphatic rings. The maximum Gasteiger partial charge on any atom is 0.350 e. The van der Waals surface area contributed by atoms with Gasteiger partial charge in [0.1, 0.15) is 6.07 Å². The normalized spacial score (nSPS) is 11.8. The summed E-state index contributed by atoms with van der Waals surface area (Å²) in [6.07, 6.45) is 1.25. The monoisotopic (exact) mass is 349 g/mol. The van der Waals surface area contributed by atoms with Gasteiger partial charge in [-0.15, -0.1) is 0 Å². The minimum absolute atomic E-state index is 0.135. The van der Waals surface area contributed by atoms with Gasteiger partial charge in [0.25, 0.3) is 5.91 Å². The molecule has 1 atom stereocenters. The molecule has 0 aliphatic heterocycles. The number of nitrogens with zero attached hydrogens (tertiary/aromatic N) is 1. The number of ether oxygens (including phenoxy) is 1. The number of benzene rings is 2. The number of rotatable bonds is 6. The van der Waals surface area contributed by atoms with Crippen molar-refractivity contribution in [2.24, 2.45) is 0 Å².